The minimum atomic E-state index is -2.94. The number of benzene rings is 2. The number of aromatic nitrogens is 2. The predicted molar refractivity (Wildman–Crippen MR) is 158 cm³/mol. The molecule has 0 bridgehead atoms. The molecule has 15 heteroatoms. The fraction of sp³-hybridized carbons (Fsp3) is 0.258. The second-order valence-corrected chi connectivity index (χ2v) is 11.3. The highest BCUT2D eigenvalue weighted by atomic mass is 35.5. The van der Waals surface area contributed by atoms with Crippen molar-refractivity contribution in [2.45, 2.75) is 49.9 Å². The van der Waals surface area contributed by atoms with Crippen LogP contribution >= 0.6 is 11.6 Å². The number of halogens is 4. The Balaban J connectivity index is 1.50. The van der Waals surface area contributed by atoms with E-state index in [2.05, 4.69) is 15.3 Å². The standard InChI is InChI=1S/C31H25ClF3N7O4/c32-24-4-2-1-3-23(24)28(29(44)39-21-15-31(34,35)16-21)41(22-13-19(12-20(33)14-22)30-38-9-10-46-30)42(45)26-5-6-27(43)40(26)25-11-18(17-36)7-8-37-25/h1-4,7-14,21,26,28,45H,5-6,15-16H2,(H,39,44)/t26-,28?/m1/s1. The molecule has 4 aromatic rings. The van der Waals surface area contributed by atoms with Gasteiger partial charge in [0.25, 0.3) is 5.92 Å². The Morgan fingerprint density at radius 1 is 1.17 bits per heavy atom. The van der Waals surface area contributed by atoms with E-state index >= 15 is 4.39 Å². The number of nitrogens with one attached hydrogen (secondary N) is 1. The number of alkyl halides is 2. The van der Waals surface area contributed by atoms with Gasteiger partial charge in [0, 0.05) is 47.7 Å². The van der Waals surface area contributed by atoms with Crippen LogP contribution in [0.25, 0.3) is 11.5 Å². The number of amides is 2. The maximum atomic E-state index is 15.3. The molecule has 2 aromatic heterocycles. The molecule has 1 unspecified atom stereocenters. The number of hydroxylamine groups is 1. The molecule has 6 rings (SSSR count). The van der Waals surface area contributed by atoms with E-state index in [1.165, 1.54) is 49.0 Å². The first-order valence-corrected chi connectivity index (χ1v) is 14.5. The van der Waals surface area contributed by atoms with Crippen LogP contribution in [-0.4, -0.2) is 50.3 Å². The number of pyridine rings is 1. The van der Waals surface area contributed by atoms with E-state index in [-0.39, 0.29) is 52.0 Å². The number of rotatable bonds is 9. The molecule has 1 aliphatic heterocycles. The molecular weight excluding hydrogens is 627 g/mol. The molecule has 1 saturated carbocycles. The van der Waals surface area contributed by atoms with Gasteiger partial charge in [-0.15, -0.1) is 0 Å². The fourth-order valence-electron chi connectivity index (χ4n) is 5.64. The van der Waals surface area contributed by atoms with Gasteiger partial charge >= 0.3 is 0 Å². The average molecular weight is 652 g/mol. The Labute approximate surface area is 265 Å². The topological polar surface area (TPSA) is 139 Å². The van der Waals surface area contributed by atoms with Crippen molar-refractivity contribution in [2.24, 2.45) is 0 Å². The molecule has 236 valence electrons. The molecule has 2 aliphatic rings. The van der Waals surface area contributed by atoms with Crippen molar-refractivity contribution in [1.82, 2.24) is 20.5 Å². The molecule has 46 heavy (non-hydrogen) atoms. The molecule has 1 aliphatic carbocycles. The number of carbonyl (C=O) groups excluding carboxylic acids is 2. The van der Waals surface area contributed by atoms with Crippen LogP contribution in [-0.2, 0) is 9.59 Å². The third kappa shape index (κ3) is 6.12. The van der Waals surface area contributed by atoms with Crippen molar-refractivity contribution in [3.8, 4) is 17.5 Å². The van der Waals surface area contributed by atoms with Crippen LogP contribution in [0, 0.1) is 17.1 Å². The molecule has 0 radical (unpaired) electrons. The van der Waals surface area contributed by atoms with Crippen LogP contribution in [0.15, 0.2) is 77.7 Å². The summed E-state index contributed by atoms with van der Waals surface area (Å²) in [6.07, 6.45) is 1.57. The summed E-state index contributed by atoms with van der Waals surface area (Å²) in [5.74, 6) is -4.90. The Morgan fingerprint density at radius 3 is 2.65 bits per heavy atom. The number of anilines is 2. The first-order chi connectivity index (χ1) is 22.0. The van der Waals surface area contributed by atoms with Crippen LogP contribution in [0.4, 0.5) is 24.7 Å². The monoisotopic (exact) mass is 651 g/mol. The maximum absolute atomic E-state index is 15.3. The zero-order chi connectivity index (χ0) is 32.6. The molecule has 2 amide bonds. The highest BCUT2D eigenvalue weighted by molar-refractivity contribution is 6.31. The van der Waals surface area contributed by atoms with E-state index < -0.39 is 54.6 Å². The third-order valence-electron chi connectivity index (χ3n) is 7.75. The number of carbonyl (C=O) groups is 2. The van der Waals surface area contributed by atoms with Gasteiger partial charge in [0.05, 0.1) is 23.5 Å². The quantitative estimate of drug-likeness (QED) is 0.221. The van der Waals surface area contributed by atoms with Crippen LogP contribution < -0.4 is 15.2 Å². The lowest BCUT2D eigenvalue weighted by atomic mass is 9.88. The summed E-state index contributed by atoms with van der Waals surface area (Å²) >= 11 is 6.58. The van der Waals surface area contributed by atoms with Crippen LogP contribution in [0.2, 0.25) is 5.02 Å². The summed E-state index contributed by atoms with van der Waals surface area (Å²) in [6.45, 7) is 0. The maximum Gasteiger partial charge on any atom is 0.252 e. The first kappa shape index (κ1) is 31.0. The van der Waals surface area contributed by atoms with Gasteiger partial charge in [0.2, 0.25) is 17.7 Å². The van der Waals surface area contributed by atoms with Gasteiger partial charge < -0.3 is 9.73 Å². The van der Waals surface area contributed by atoms with Gasteiger partial charge in [-0.25, -0.2) is 23.1 Å². The second kappa shape index (κ2) is 12.4. The van der Waals surface area contributed by atoms with E-state index in [0.717, 1.165) is 22.0 Å². The first-order valence-electron chi connectivity index (χ1n) is 14.1. The van der Waals surface area contributed by atoms with E-state index in [1.807, 2.05) is 6.07 Å². The van der Waals surface area contributed by atoms with Crippen molar-refractivity contribution in [1.29, 1.82) is 5.26 Å². The lowest BCUT2D eigenvalue weighted by Crippen LogP contribution is -2.59. The van der Waals surface area contributed by atoms with Gasteiger partial charge in [-0.1, -0.05) is 35.0 Å². The third-order valence-corrected chi connectivity index (χ3v) is 8.09. The molecule has 2 fully saturated rings. The summed E-state index contributed by atoms with van der Waals surface area (Å²) in [7, 11) is 0. The number of hydrogen-bond acceptors (Lipinski definition) is 9. The van der Waals surface area contributed by atoms with Gasteiger partial charge in [-0.3, -0.25) is 24.7 Å². The van der Waals surface area contributed by atoms with Gasteiger partial charge in [-0.05, 0) is 42.8 Å². The molecule has 2 atom stereocenters. The summed E-state index contributed by atoms with van der Waals surface area (Å²) < 4.78 is 48.2. The lowest BCUT2D eigenvalue weighted by Gasteiger charge is -2.43. The van der Waals surface area contributed by atoms with Gasteiger partial charge in [0.15, 0.2) is 6.04 Å². The zero-order valence-corrected chi connectivity index (χ0v) is 24.6. The zero-order valence-electron chi connectivity index (χ0n) is 23.9. The van der Waals surface area contributed by atoms with Crippen LogP contribution in [0.3, 0.4) is 0 Å². The molecule has 2 aromatic carbocycles. The number of hydrogen-bond donors (Lipinski definition) is 2. The number of nitriles is 1. The Hall–Kier alpha value is -4.97. The SMILES string of the molecule is N#Cc1ccnc(N2C(=O)CC[C@H]2N(O)N(c2cc(F)cc(-c3ncco3)c2)C(C(=O)NC2CC(F)(F)C2)c2ccccc2Cl)c1. The summed E-state index contributed by atoms with van der Waals surface area (Å²) in [5, 5.41) is 25.8. The molecule has 1 saturated heterocycles. The highest BCUT2D eigenvalue weighted by Gasteiger charge is 2.48. The van der Waals surface area contributed by atoms with E-state index in [9.17, 15) is 28.8 Å². The van der Waals surface area contributed by atoms with Crippen LogP contribution in [0.5, 0.6) is 0 Å². The largest absolute Gasteiger partial charge is 0.445 e. The Morgan fingerprint density at radius 2 is 1.96 bits per heavy atom. The van der Waals surface area contributed by atoms with E-state index in [1.54, 1.807) is 12.1 Å². The highest BCUT2D eigenvalue weighted by Crippen LogP contribution is 2.41. The Kier molecular flexibility index (Phi) is 8.39. The Bertz CT molecular complexity index is 1810. The summed E-state index contributed by atoms with van der Waals surface area (Å²) in [6, 6.07) is 12.1. The average Bonchev–Trinajstić information content (AvgIpc) is 3.69. The van der Waals surface area contributed by atoms with Gasteiger partial charge in [-0.2, -0.15) is 5.26 Å². The molecule has 0 spiro atoms. The minimum absolute atomic E-state index is 0.0257. The summed E-state index contributed by atoms with van der Waals surface area (Å²) in [4.78, 5) is 36.7. The summed E-state index contributed by atoms with van der Waals surface area (Å²) in [5.41, 5.74) is 0.413. The lowest BCUT2D eigenvalue weighted by molar-refractivity contribution is -0.153. The minimum Gasteiger partial charge on any atom is -0.445 e. The van der Waals surface area contributed by atoms with Crippen molar-refractivity contribution in [3.63, 3.8) is 0 Å². The van der Waals surface area contributed by atoms with Crippen molar-refractivity contribution in [2.75, 3.05) is 9.91 Å². The predicted octanol–water partition coefficient (Wildman–Crippen LogP) is 5.62. The molecule has 3 heterocycles. The van der Waals surface area contributed by atoms with Crippen molar-refractivity contribution < 1.29 is 32.4 Å². The van der Waals surface area contributed by atoms with Crippen molar-refractivity contribution in [3.05, 3.63) is 95.2 Å². The number of nitrogens with zero attached hydrogens (tertiary/aromatic N) is 6. The van der Waals surface area contributed by atoms with Crippen molar-refractivity contribution >= 4 is 34.9 Å². The van der Waals surface area contributed by atoms with E-state index in [4.69, 9.17) is 16.0 Å². The van der Waals surface area contributed by atoms with Crippen LogP contribution in [0.1, 0.15) is 42.9 Å². The number of oxazole rings is 1. The molecule has 11 nitrogen and oxygen atoms in total. The second-order valence-electron chi connectivity index (χ2n) is 10.9. The molecule has 2 N–H and O–H groups in total. The number of hydrazine groups is 1. The normalized spacial score (nSPS) is 18.2. The van der Waals surface area contributed by atoms with E-state index in [0.29, 0.717) is 5.17 Å². The fourth-order valence-corrected chi connectivity index (χ4v) is 5.88. The van der Waals surface area contributed by atoms with Gasteiger partial charge in [0.1, 0.15) is 24.1 Å². The smallest absolute Gasteiger partial charge is 0.252 e. The molecular formula is C31H25ClF3N7O4.